The molecule has 0 saturated carbocycles. The second kappa shape index (κ2) is 8.56. The van der Waals surface area contributed by atoms with Gasteiger partial charge in [0.25, 0.3) is 11.5 Å². The Labute approximate surface area is 163 Å². The van der Waals surface area contributed by atoms with Crippen molar-refractivity contribution in [2.45, 2.75) is 20.4 Å². The van der Waals surface area contributed by atoms with Crippen LogP contribution in [-0.2, 0) is 6.54 Å². The van der Waals surface area contributed by atoms with Crippen LogP contribution in [0.5, 0.6) is 11.5 Å². The van der Waals surface area contributed by atoms with Gasteiger partial charge in [-0.05, 0) is 43.7 Å². The molecule has 0 saturated heterocycles. The Morgan fingerprint density at radius 1 is 1.18 bits per heavy atom. The lowest BCUT2D eigenvalue weighted by molar-refractivity contribution is 0.0750. The van der Waals surface area contributed by atoms with Gasteiger partial charge in [0.1, 0.15) is 11.2 Å². The van der Waals surface area contributed by atoms with Crippen LogP contribution in [0.4, 0.5) is 0 Å². The predicted molar refractivity (Wildman–Crippen MR) is 106 cm³/mol. The van der Waals surface area contributed by atoms with Gasteiger partial charge >= 0.3 is 0 Å². The normalized spacial score (nSPS) is 10.7. The first-order chi connectivity index (χ1) is 13.6. The maximum Gasteiger partial charge on any atom is 0.270 e. The highest BCUT2D eigenvalue weighted by atomic mass is 16.5. The van der Waals surface area contributed by atoms with Gasteiger partial charge in [-0.15, -0.1) is 0 Å². The second-order valence-corrected chi connectivity index (χ2v) is 6.14. The molecule has 0 radical (unpaired) electrons. The first kappa shape index (κ1) is 19.4. The molecule has 0 bridgehead atoms. The Morgan fingerprint density at radius 3 is 2.71 bits per heavy atom. The van der Waals surface area contributed by atoms with E-state index in [-0.39, 0.29) is 17.0 Å². The minimum absolute atomic E-state index is 0.0449. The summed E-state index contributed by atoms with van der Waals surface area (Å²) in [7, 11) is 1.58. The molecule has 2 aromatic heterocycles. The van der Waals surface area contributed by atoms with Gasteiger partial charge in [-0.3, -0.25) is 14.0 Å². The van der Waals surface area contributed by atoms with E-state index < -0.39 is 0 Å². The van der Waals surface area contributed by atoms with Crippen molar-refractivity contribution in [1.29, 1.82) is 0 Å². The summed E-state index contributed by atoms with van der Waals surface area (Å²) in [6.45, 7) is 5.10. The number of pyridine rings is 1. The van der Waals surface area contributed by atoms with Crippen LogP contribution >= 0.6 is 0 Å². The van der Waals surface area contributed by atoms with E-state index in [2.05, 4.69) is 4.98 Å². The van der Waals surface area contributed by atoms with Gasteiger partial charge in [-0.2, -0.15) is 0 Å². The Hall–Kier alpha value is -3.35. The van der Waals surface area contributed by atoms with Crippen LogP contribution in [-0.4, -0.2) is 40.5 Å². The summed E-state index contributed by atoms with van der Waals surface area (Å²) in [4.78, 5) is 31.5. The predicted octanol–water partition coefficient (Wildman–Crippen LogP) is 2.76. The van der Waals surface area contributed by atoms with Crippen molar-refractivity contribution >= 4 is 11.6 Å². The number of amides is 1. The average Bonchev–Trinajstić information content (AvgIpc) is 2.73. The quantitative estimate of drug-likeness (QED) is 0.629. The van der Waals surface area contributed by atoms with Crippen molar-refractivity contribution in [1.82, 2.24) is 14.3 Å². The van der Waals surface area contributed by atoms with Crippen molar-refractivity contribution in [2.24, 2.45) is 0 Å². The minimum Gasteiger partial charge on any atom is -0.493 e. The van der Waals surface area contributed by atoms with Crippen molar-refractivity contribution in [3.63, 3.8) is 0 Å². The monoisotopic (exact) mass is 381 g/mol. The van der Waals surface area contributed by atoms with Gasteiger partial charge in [0.05, 0.1) is 13.7 Å². The Kier molecular flexibility index (Phi) is 5.93. The zero-order valence-electron chi connectivity index (χ0n) is 16.2. The van der Waals surface area contributed by atoms with E-state index in [1.54, 1.807) is 36.4 Å². The first-order valence-corrected chi connectivity index (χ1v) is 9.14. The molecule has 3 rings (SSSR count). The molecule has 0 aliphatic rings. The molecule has 28 heavy (non-hydrogen) atoms. The number of hydrogen-bond acceptors (Lipinski definition) is 5. The van der Waals surface area contributed by atoms with Crippen LogP contribution in [0.15, 0.2) is 53.6 Å². The minimum atomic E-state index is -0.377. The maximum absolute atomic E-state index is 13.0. The number of nitrogens with zero attached hydrogens (tertiary/aromatic N) is 3. The lowest BCUT2D eigenvalue weighted by Gasteiger charge is -2.21. The number of ether oxygens (including phenoxy) is 2. The number of methoxy groups -OCH3 is 1. The summed E-state index contributed by atoms with van der Waals surface area (Å²) in [6.07, 6.45) is 2.95. The molecular formula is C21H23N3O4. The molecule has 0 unspecified atom stereocenters. The van der Waals surface area contributed by atoms with Gasteiger partial charge in [0.2, 0.25) is 0 Å². The Bertz CT molecular complexity index is 1050. The molecule has 146 valence electrons. The molecular weight excluding hydrogens is 358 g/mol. The number of carbonyl (C=O) groups excluding carboxylic acids is 1. The van der Waals surface area contributed by atoms with Gasteiger partial charge < -0.3 is 14.4 Å². The molecule has 2 heterocycles. The SMILES string of the molecule is CCOc1ccc(CN(CC)C(=O)c2cnc3ccccn3c2=O)cc1OC. The summed E-state index contributed by atoms with van der Waals surface area (Å²) < 4.78 is 12.3. The smallest absolute Gasteiger partial charge is 0.270 e. The molecule has 1 amide bonds. The highest BCUT2D eigenvalue weighted by molar-refractivity contribution is 5.93. The van der Waals surface area contributed by atoms with Crippen molar-refractivity contribution in [2.75, 3.05) is 20.3 Å². The number of fused-ring (bicyclic) bond motifs is 1. The van der Waals surface area contributed by atoms with Crippen LogP contribution < -0.4 is 15.0 Å². The highest BCUT2D eigenvalue weighted by Crippen LogP contribution is 2.28. The second-order valence-electron chi connectivity index (χ2n) is 6.14. The van der Waals surface area contributed by atoms with E-state index in [9.17, 15) is 9.59 Å². The van der Waals surface area contributed by atoms with Crippen molar-refractivity contribution in [3.8, 4) is 11.5 Å². The molecule has 0 aliphatic heterocycles. The summed E-state index contributed by atoms with van der Waals surface area (Å²) >= 11 is 0. The summed E-state index contributed by atoms with van der Waals surface area (Å²) in [6, 6.07) is 10.8. The van der Waals surface area contributed by atoms with E-state index in [4.69, 9.17) is 9.47 Å². The molecule has 0 fully saturated rings. The van der Waals surface area contributed by atoms with Crippen LogP contribution in [0.1, 0.15) is 29.8 Å². The molecule has 7 heteroatoms. The molecule has 0 aliphatic carbocycles. The largest absolute Gasteiger partial charge is 0.493 e. The first-order valence-electron chi connectivity index (χ1n) is 9.14. The van der Waals surface area contributed by atoms with Gasteiger partial charge in [-0.1, -0.05) is 12.1 Å². The van der Waals surface area contributed by atoms with E-state index in [1.165, 1.54) is 10.6 Å². The molecule has 1 aromatic carbocycles. The fraction of sp³-hybridized carbons (Fsp3) is 0.286. The van der Waals surface area contributed by atoms with E-state index in [0.717, 1.165) is 5.56 Å². The zero-order valence-corrected chi connectivity index (χ0v) is 16.2. The number of rotatable bonds is 7. The summed E-state index contributed by atoms with van der Waals surface area (Å²) in [5.41, 5.74) is 1.05. The Balaban J connectivity index is 1.89. The molecule has 0 spiro atoms. The van der Waals surface area contributed by atoms with E-state index in [0.29, 0.717) is 36.8 Å². The Morgan fingerprint density at radius 2 is 2.00 bits per heavy atom. The van der Waals surface area contributed by atoms with Crippen LogP contribution in [0.25, 0.3) is 5.65 Å². The highest BCUT2D eigenvalue weighted by Gasteiger charge is 2.20. The fourth-order valence-corrected chi connectivity index (χ4v) is 2.98. The van der Waals surface area contributed by atoms with E-state index in [1.807, 2.05) is 32.0 Å². The lowest BCUT2D eigenvalue weighted by Crippen LogP contribution is -2.35. The molecule has 7 nitrogen and oxygen atoms in total. The molecule has 0 atom stereocenters. The number of benzene rings is 1. The lowest BCUT2D eigenvalue weighted by atomic mass is 10.1. The number of hydrogen-bond donors (Lipinski definition) is 0. The average molecular weight is 381 g/mol. The third-order valence-corrected chi connectivity index (χ3v) is 4.41. The van der Waals surface area contributed by atoms with Gasteiger partial charge in [0.15, 0.2) is 11.5 Å². The van der Waals surface area contributed by atoms with Crippen molar-refractivity contribution < 1.29 is 14.3 Å². The molecule has 0 N–H and O–H groups in total. The third kappa shape index (κ3) is 3.83. The summed E-state index contributed by atoms with van der Waals surface area (Å²) in [5.74, 6) is 0.904. The van der Waals surface area contributed by atoms with Crippen LogP contribution in [0, 0.1) is 0 Å². The third-order valence-electron chi connectivity index (χ3n) is 4.41. The number of aromatic nitrogens is 2. The topological polar surface area (TPSA) is 73.1 Å². The van der Waals surface area contributed by atoms with Gasteiger partial charge in [0, 0.05) is 25.5 Å². The standard InChI is InChI=1S/C21H23N3O4/c1-4-23(14-15-9-10-17(28-5-2)18(12-15)27-3)20(25)16-13-22-19-8-6-7-11-24(19)21(16)26/h6-13H,4-5,14H2,1-3H3. The van der Waals surface area contributed by atoms with Gasteiger partial charge in [-0.25, -0.2) is 4.98 Å². The fourth-order valence-electron chi connectivity index (χ4n) is 2.98. The molecule has 3 aromatic rings. The van der Waals surface area contributed by atoms with E-state index >= 15 is 0 Å². The zero-order chi connectivity index (χ0) is 20.1. The summed E-state index contributed by atoms with van der Waals surface area (Å²) in [5, 5.41) is 0. The van der Waals surface area contributed by atoms with Crippen LogP contribution in [0.3, 0.4) is 0 Å². The number of carbonyl (C=O) groups is 1. The maximum atomic E-state index is 13.0. The van der Waals surface area contributed by atoms with Crippen molar-refractivity contribution in [3.05, 3.63) is 70.3 Å². The van der Waals surface area contributed by atoms with Crippen LogP contribution in [0.2, 0.25) is 0 Å².